The standard InChI is InChI=1S/C39H74O9Si2/c1-18-50(19-2,20-3)47-31-25-29(5)30(40)22-24-39(13,48-49(16,17)36(6,7)8)35-33(45-38(11,12)46-35)34(44-27-42-15)37(9,10)23-21-28(4)32(31)43-26-41-14/h21,23,28-35,40H,18-20,25-27H2,1-17H3/b23-21+/t28-,29-,30+,31-,32-,33+,34+,35+,39+/m0/s1. The summed E-state index contributed by atoms with van der Waals surface area (Å²) in [4.78, 5) is 0. The van der Waals surface area contributed by atoms with E-state index in [0.717, 1.165) is 18.1 Å². The van der Waals surface area contributed by atoms with Crippen LogP contribution >= 0.6 is 0 Å². The minimum Gasteiger partial charge on any atom is -0.411 e. The highest BCUT2D eigenvalue weighted by Crippen LogP contribution is 2.46. The zero-order valence-corrected chi connectivity index (χ0v) is 36.7. The van der Waals surface area contributed by atoms with Crippen LogP contribution < -0.4 is 0 Å². The van der Waals surface area contributed by atoms with E-state index in [4.69, 9.17) is 37.3 Å². The molecule has 0 bridgehead atoms. The second-order valence-electron chi connectivity index (χ2n) is 17.4. The number of fused-ring (bicyclic) bond motifs is 1. The molecule has 0 amide bonds. The summed E-state index contributed by atoms with van der Waals surface area (Å²) in [5, 5.41) is 11.7. The molecule has 1 aliphatic heterocycles. The van der Waals surface area contributed by atoms with E-state index in [-0.39, 0.29) is 42.7 Å². The SMILES string of the molecule is CC[Si](CC)(CC)O[C@H]1C[C@H](C)[C@H](O)C#C[C@@](C)(O[Si](C)(C)C(C)(C)C)[C@@H]2OC(C)(C)O[C@@H]2[C@@H](OCOC)C(C)(C)/C=C/[C@H](C)[C@@H]1OCOC. The summed E-state index contributed by atoms with van der Waals surface area (Å²) in [6.45, 7) is 32.3. The molecule has 1 fully saturated rings. The Morgan fingerprint density at radius 3 is 1.98 bits per heavy atom. The zero-order chi connectivity index (χ0) is 38.3. The number of hydrogen-bond donors (Lipinski definition) is 1. The average Bonchev–Trinajstić information content (AvgIpc) is 3.35. The Kier molecular flexibility index (Phi) is 16.5. The van der Waals surface area contributed by atoms with E-state index in [1.807, 2.05) is 27.7 Å². The largest absolute Gasteiger partial charge is 0.411 e. The lowest BCUT2D eigenvalue weighted by Crippen LogP contribution is -2.59. The van der Waals surface area contributed by atoms with Crippen molar-refractivity contribution in [3.8, 4) is 11.8 Å². The molecule has 292 valence electrons. The second-order valence-corrected chi connectivity index (χ2v) is 26.8. The lowest BCUT2D eigenvalue weighted by atomic mass is 9.78. The molecule has 2 aliphatic rings. The highest BCUT2D eigenvalue weighted by molar-refractivity contribution is 6.74. The third kappa shape index (κ3) is 11.4. The second kappa shape index (κ2) is 18.1. The van der Waals surface area contributed by atoms with Gasteiger partial charge in [0.2, 0.25) is 0 Å². The van der Waals surface area contributed by atoms with E-state index < -0.39 is 57.9 Å². The van der Waals surface area contributed by atoms with Gasteiger partial charge in [0.15, 0.2) is 22.4 Å². The molecule has 0 radical (unpaired) electrons. The normalized spacial score (nSPS) is 34.6. The number of rotatable bonds is 13. The predicted molar refractivity (Wildman–Crippen MR) is 206 cm³/mol. The van der Waals surface area contributed by atoms with Gasteiger partial charge in [0.25, 0.3) is 0 Å². The summed E-state index contributed by atoms with van der Waals surface area (Å²) in [5.41, 5.74) is -1.70. The monoisotopic (exact) mass is 742 g/mol. The molecular weight excluding hydrogens is 669 g/mol. The molecule has 0 aromatic rings. The Labute approximate surface area is 308 Å². The van der Waals surface area contributed by atoms with Crippen LogP contribution in [0.25, 0.3) is 0 Å². The fourth-order valence-electron chi connectivity index (χ4n) is 6.92. The maximum Gasteiger partial charge on any atom is 0.194 e. The molecule has 1 saturated heterocycles. The van der Waals surface area contributed by atoms with Crippen LogP contribution in [0.2, 0.25) is 36.3 Å². The van der Waals surface area contributed by atoms with Crippen LogP contribution in [0.1, 0.15) is 96.4 Å². The van der Waals surface area contributed by atoms with E-state index in [2.05, 4.69) is 99.4 Å². The van der Waals surface area contributed by atoms with Crippen LogP contribution in [0.15, 0.2) is 12.2 Å². The number of aliphatic hydroxyl groups is 1. The van der Waals surface area contributed by atoms with Crippen LogP contribution in [0.5, 0.6) is 0 Å². The van der Waals surface area contributed by atoms with Crippen molar-refractivity contribution in [1.29, 1.82) is 0 Å². The summed E-state index contributed by atoms with van der Waals surface area (Å²) < 4.78 is 51.9. The van der Waals surface area contributed by atoms with Gasteiger partial charge in [-0.25, -0.2) is 0 Å². The van der Waals surface area contributed by atoms with Gasteiger partial charge in [-0.2, -0.15) is 0 Å². The molecular formula is C39H74O9Si2. The quantitative estimate of drug-likeness (QED) is 0.0866. The van der Waals surface area contributed by atoms with Crippen molar-refractivity contribution >= 4 is 16.6 Å². The summed E-state index contributed by atoms with van der Waals surface area (Å²) in [7, 11) is -1.26. The predicted octanol–water partition coefficient (Wildman–Crippen LogP) is 8.28. The summed E-state index contributed by atoms with van der Waals surface area (Å²) in [6, 6.07) is 3.01. The summed E-state index contributed by atoms with van der Waals surface area (Å²) in [6.07, 6.45) is 1.68. The Hall–Kier alpha value is -0.626. The van der Waals surface area contributed by atoms with Gasteiger partial charge in [-0.05, 0) is 69.4 Å². The van der Waals surface area contributed by atoms with E-state index in [9.17, 15) is 5.11 Å². The first-order valence-electron chi connectivity index (χ1n) is 18.8. The van der Waals surface area contributed by atoms with Gasteiger partial charge in [0.05, 0.1) is 18.3 Å². The summed E-state index contributed by atoms with van der Waals surface area (Å²) in [5.74, 6) is 5.49. The molecule has 0 unspecified atom stereocenters. The van der Waals surface area contributed by atoms with Gasteiger partial charge in [0, 0.05) is 25.6 Å². The molecule has 0 saturated carbocycles. The van der Waals surface area contributed by atoms with Gasteiger partial charge in [-0.1, -0.05) is 93.2 Å². The molecule has 1 aliphatic carbocycles. The Balaban J connectivity index is 2.92. The average molecular weight is 743 g/mol. The lowest BCUT2D eigenvalue weighted by Gasteiger charge is -2.46. The van der Waals surface area contributed by atoms with E-state index in [1.54, 1.807) is 14.2 Å². The molecule has 11 heteroatoms. The Morgan fingerprint density at radius 2 is 1.46 bits per heavy atom. The fourth-order valence-corrected chi connectivity index (χ4v) is 11.3. The molecule has 0 aromatic carbocycles. The molecule has 0 aromatic heterocycles. The van der Waals surface area contributed by atoms with E-state index in [0.29, 0.717) is 6.42 Å². The number of methoxy groups -OCH3 is 2. The van der Waals surface area contributed by atoms with Crippen molar-refractivity contribution in [1.82, 2.24) is 0 Å². The number of aliphatic hydroxyl groups excluding tert-OH is 1. The highest BCUT2D eigenvalue weighted by Gasteiger charge is 2.58. The third-order valence-electron chi connectivity index (χ3n) is 11.4. The maximum absolute atomic E-state index is 11.8. The number of ether oxygens (including phenoxy) is 6. The molecule has 1 N–H and O–H groups in total. The first-order chi connectivity index (χ1) is 23.0. The molecule has 0 spiro atoms. The third-order valence-corrected chi connectivity index (χ3v) is 20.6. The Morgan fingerprint density at radius 1 is 0.900 bits per heavy atom. The minimum atomic E-state index is -2.43. The maximum atomic E-state index is 11.8. The molecule has 50 heavy (non-hydrogen) atoms. The van der Waals surface area contributed by atoms with Crippen LogP contribution in [-0.4, -0.2) is 97.6 Å². The first-order valence-corrected chi connectivity index (χ1v) is 24.3. The molecule has 2 rings (SSSR count). The van der Waals surface area contributed by atoms with Crippen molar-refractivity contribution in [2.45, 2.75) is 181 Å². The first kappa shape index (κ1) is 45.5. The molecule has 9 atom stereocenters. The molecule has 1 heterocycles. The topological polar surface area (TPSA) is 94.1 Å². The molecule has 9 nitrogen and oxygen atoms in total. The summed E-state index contributed by atoms with van der Waals surface area (Å²) >= 11 is 0. The highest BCUT2D eigenvalue weighted by atomic mass is 28.4. The van der Waals surface area contributed by atoms with Crippen molar-refractivity contribution in [2.24, 2.45) is 17.3 Å². The van der Waals surface area contributed by atoms with Gasteiger partial charge >= 0.3 is 0 Å². The lowest BCUT2D eigenvalue weighted by molar-refractivity contribution is -0.184. The van der Waals surface area contributed by atoms with Crippen molar-refractivity contribution in [2.75, 3.05) is 27.8 Å². The van der Waals surface area contributed by atoms with E-state index in [1.165, 1.54) is 0 Å². The van der Waals surface area contributed by atoms with Crippen LogP contribution in [-0.2, 0) is 37.3 Å². The van der Waals surface area contributed by atoms with Crippen molar-refractivity contribution in [3.63, 3.8) is 0 Å². The zero-order valence-electron chi connectivity index (χ0n) is 34.7. The van der Waals surface area contributed by atoms with Crippen LogP contribution in [0.4, 0.5) is 0 Å². The van der Waals surface area contributed by atoms with Crippen LogP contribution in [0.3, 0.4) is 0 Å². The van der Waals surface area contributed by atoms with Crippen LogP contribution in [0, 0.1) is 29.1 Å². The van der Waals surface area contributed by atoms with Gasteiger partial charge in [0.1, 0.15) is 37.5 Å². The van der Waals surface area contributed by atoms with Gasteiger partial charge in [-0.15, -0.1) is 0 Å². The number of hydrogen-bond acceptors (Lipinski definition) is 9. The van der Waals surface area contributed by atoms with Gasteiger partial charge < -0.3 is 42.4 Å². The minimum absolute atomic E-state index is 0.0597. The van der Waals surface area contributed by atoms with Crippen molar-refractivity contribution < 1.29 is 42.4 Å². The van der Waals surface area contributed by atoms with Gasteiger partial charge in [-0.3, -0.25) is 0 Å². The van der Waals surface area contributed by atoms with E-state index >= 15 is 0 Å². The smallest absolute Gasteiger partial charge is 0.194 e. The fraction of sp³-hybridized carbons (Fsp3) is 0.897. The Bertz CT molecular complexity index is 1130. The van der Waals surface area contributed by atoms with Crippen molar-refractivity contribution in [3.05, 3.63) is 12.2 Å².